The molecule has 0 saturated carbocycles. The second-order valence-electron chi connectivity index (χ2n) is 11.0. The van der Waals surface area contributed by atoms with Crippen LogP contribution in [0.5, 0.6) is 0 Å². The van der Waals surface area contributed by atoms with Crippen molar-refractivity contribution >= 4 is 17.3 Å². The van der Waals surface area contributed by atoms with Crippen LogP contribution in [-0.4, -0.2) is 29.5 Å². The molecule has 0 amide bonds. The van der Waals surface area contributed by atoms with Crippen molar-refractivity contribution in [3.05, 3.63) is 103 Å². The molecule has 7 nitrogen and oxygen atoms in total. The first-order valence-electron chi connectivity index (χ1n) is 12.4. The molecule has 4 aromatic heterocycles. The molecule has 0 unspecified atom stereocenters. The molecule has 0 fully saturated rings. The first-order valence-corrected chi connectivity index (χ1v) is 12.4. The van der Waals surface area contributed by atoms with Crippen molar-refractivity contribution in [1.29, 1.82) is 0 Å². The summed E-state index contributed by atoms with van der Waals surface area (Å²) in [7, 11) is 0. The van der Waals surface area contributed by atoms with Gasteiger partial charge in [0.2, 0.25) is 0 Å². The van der Waals surface area contributed by atoms with Gasteiger partial charge in [-0.1, -0.05) is 96.4 Å². The molecular weight excluding hydrogens is 565 g/mol. The number of para-hydroxylation sites is 1. The number of hydrogen-bond donors (Lipinski definition) is 0. The van der Waals surface area contributed by atoms with E-state index < -0.39 is 0 Å². The summed E-state index contributed by atoms with van der Waals surface area (Å²) in [4.78, 5) is 11.9. The predicted octanol–water partition coefficient (Wildman–Crippen LogP) is 6.51. The van der Waals surface area contributed by atoms with Crippen LogP contribution in [0.15, 0.2) is 78.9 Å². The second-order valence-corrected chi connectivity index (χ2v) is 11.0. The largest absolute Gasteiger partial charge is 2.00 e. The summed E-state index contributed by atoms with van der Waals surface area (Å²) in [5.41, 5.74) is 2.71. The molecule has 0 radical (unpaired) electrons. The minimum Gasteiger partial charge on any atom is -0.343 e. The van der Waals surface area contributed by atoms with Crippen LogP contribution < -0.4 is 4.90 Å². The number of nitrogens with zero attached hydrogens (tertiary/aromatic N) is 7. The number of rotatable bonds is 5. The third-order valence-corrected chi connectivity index (χ3v) is 5.95. The summed E-state index contributed by atoms with van der Waals surface area (Å²) in [6, 6.07) is 25.7. The van der Waals surface area contributed by atoms with E-state index in [2.05, 4.69) is 53.9 Å². The van der Waals surface area contributed by atoms with Gasteiger partial charge in [0.1, 0.15) is 11.6 Å². The van der Waals surface area contributed by atoms with Crippen LogP contribution in [0.3, 0.4) is 0 Å². The van der Waals surface area contributed by atoms with Crippen LogP contribution in [0.25, 0.3) is 11.6 Å². The Morgan fingerprint density at radius 2 is 1.05 bits per heavy atom. The van der Waals surface area contributed by atoms with E-state index in [1.54, 1.807) is 9.36 Å². The number of hydrogen-bond acceptors (Lipinski definition) is 5. The Balaban J connectivity index is 0.00000336. The number of aromatic nitrogens is 6. The van der Waals surface area contributed by atoms with Crippen LogP contribution in [0.4, 0.5) is 17.3 Å². The zero-order chi connectivity index (χ0) is 26.2. The van der Waals surface area contributed by atoms with Gasteiger partial charge in [-0.05, 0) is 46.5 Å². The van der Waals surface area contributed by atoms with Gasteiger partial charge in [0, 0.05) is 5.69 Å². The Morgan fingerprint density at radius 1 is 0.605 bits per heavy atom. The monoisotopic (exact) mass is 595 g/mol. The van der Waals surface area contributed by atoms with Gasteiger partial charge in [-0.25, -0.2) is 0 Å². The second kappa shape index (κ2) is 10.6. The smallest absolute Gasteiger partial charge is 0.343 e. The third-order valence-electron chi connectivity index (χ3n) is 5.95. The molecule has 38 heavy (non-hydrogen) atoms. The third kappa shape index (κ3) is 5.77. The number of anilines is 3. The summed E-state index contributed by atoms with van der Waals surface area (Å²) in [5, 5.41) is 9.44. The van der Waals surface area contributed by atoms with E-state index >= 15 is 0 Å². The number of benzene rings is 1. The summed E-state index contributed by atoms with van der Waals surface area (Å²) in [5.74, 6) is 2.80. The van der Waals surface area contributed by atoms with Crippen LogP contribution >= 0.6 is 0 Å². The van der Waals surface area contributed by atoms with E-state index in [4.69, 9.17) is 20.2 Å². The summed E-state index contributed by atoms with van der Waals surface area (Å²) in [6.07, 6.45) is 6.42. The summed E-state index contributed by atoms with van der Waals surface area (Å²) >= 11 is 0. The summed E-state index contributed by atoms with van der Waals surface area (Å²) in [6.45, 7) is 12.8. The number of pyridine rings is 2. The van der Waals surface area contributed by atoms with E-state index in [1.165, 1.54) is 0 Å². The van der Waals surface area contributed by atoms with Gasteiger partial charge in [-0.15, -0.1) is 12.1 Å². The molecule has 8 heteroatoms. The molecule has 0 atom stereocenters. The van der Waals surface area contributed by atoms with Crippen LogP contribution in [0.1, 0.15) is 52.9 Å². The normalized spacial score (nSPS) is 11.7. The Kier molecular flexibility index (Phi) is 7.68. The van der Waals surface area contributed by atoms with E-state index in [0.29, 0.717) is 11.6 Å². The SMILES string of the molecule is CC(C)(C)c1c[c-]n(-c2cccc(N(c3ccccc3)c3cccc(-n4[c-]cc(C(C)(C)C)n4)n3)n2)n1.[Pd+2]. The van der Waals surface area contributed by atoms with Crippen molar-refractivity contribution in [2.75, 3.05) is 4.90 Å². The standard InChI is InChI=1S/C30H31N7.Pd/c1-29(2,3)23-18-20-35(33-23)25-14-10-16-27(31-25)37(22-12-8-7-9-13-22)28-17-11-15-26(32-28)36-21-19-24(34-36)30(4,5)6;/h7-19H,1-6H3;/q-2;+2. The van der Waals surface area contributed by atoms with Crippen LogP contribution in [0, 0.1) is 12.4 Å². The van der Waals surface area contributed by atoms with Gasteiger partial charge in [0.25, 0.3) is 0 Å². The van der Waals surface area contributed by atoms with E-state index in [0.717, 1.165) is 28.7 Å². The zero-order valence-corrected chi connectivity index (χ0v) is 24.0. The predicted molar refractivity (Wildman–Crippen MR) is 146 cm³/mol. The molecule has 0 spiro atoms. The molecule has 0 aliphatic carbocycles. The minimum absolute atomic E-state index is 0. The van der Waals surface area contributed by atoms with Gasteiger partial charge in [0.05, 0.1) is 11.6 Å². The van der Waals surface area contributed by atoms with Crippen molar-refractivity contribution < 1.29 is 20.4 Å². The van der Waals surface area contributed by atoms with Gasteiger partial charge in [-0.2, -0.15) is 0 Å². The maximum absolute atomic E-state index is 4.96. The Morgan fingerprint density at radius 3 is 1.45 bits per heavy atom. The molecular formula is C30H31N7Pd. The molecule has 196 valence electrons. The minimum atomic E-state index is -0.0732. The Hall–Kier alpha value is -3.60. The van der Waals surface area contributed by atoms with Gasteiger partial charge < -0.3 is 9.36 Å². The fraction of sp³-hybridized carbons (Fsp3) is 0.267. The fourth-order valence-corrected chi connectivity index (χ4v) is 3.81. The summed E-state index contributed by atoms with van der Waals surface area (Å²) < 4.78 is 3.40. The van der Waals surface area contributed by atoms with Crippen LogP contribution in [0.2, 0.25) is 0 Å². The van der Waals surface area contributed by atoms with Crippen molar-refractivity contribution in [2.45, 2.75) is 52.4 Å². The maximum atomic E-state index is 4.96. The molecule has 1 aromatic carbocycles. The first-order chi connectivity index (χ1) is 17.6. The van der Waals surface area contributed by atoms with Gasteiger partial charge in [0.15, 0.2) is 0 Å². The van der Waals surface area contributed by atoms with Crippen LogP contribution in [-0.2, 0) is 31.3 Å². The quantitative estimate of drug-likeness (QED) is 0.171. The van der Waals surface area contributed by atoms with E-state index in [-0.39, 0.29) is 31.3 Å². The molecule has 0 aliphatic rings. The average molecular weight is 596 g/mol. The Bertz CT molecular complexity index is 1410. The van der Waals surface area contributed by atoms with Gasteiger partial charge >= 0.3 is 20.4 Å². The average Bonchev–Trinajstić information content (AvgIpc) is 3.56. The van der Waals surface area contributed by atoms with Crippen molar-refractivity contribution in [3.8, 4) is 11.6 Å². The van der Waals surface area contributed by atoms with E-state index in [1.807, 2.05) is 83.8 Å². The molecule has 0 bridgehead atoms. The van der Waals surface area contributed by atoms with Crippen molar-refractivity contribution in [2.24, 2.45) is 0 Å². The fourth-order valence-electron chi connectivity index (χ4n) is 3.81. The van der Waals surface area contributed by atoms with Gasteiger partial charge in [-0.3, -0.25) is 25.1 Å². The first kappa shape index (κ1) is 27.4. The molecule has 0 saturated heterocycles. The molecule has 0 N–H and O–H groups in total. The molecule has 0 aliphatic heterocycles. The molecule has 5 aromatic rings. The van der Waals surface area contributed by atoms with Crippen molar-refractivity contribution in [1.82, 2.24) is 29.5 Å². The van der Waals surface area contributed by atoms with Crippen molar-refractivity contribution in [3.63, 3.8) is 0 Å². The Labute approximate surface area is 238 Å². The van der Waals surface area contributed by atoms with E-state index in [9.17, 15) is 0 Å². The maximum Gasteiger partial charge on any atom is 2.00 e. The topological polar surface area (TPSA) is 64.7 Å². The zero-order valence-electron chi connectivity index (χ0n) is 22.5. The molecule has 5 rings (SSSR count). The molecule has 4 heterocycles.